The number of nitrogens with zero attached hydrogens (tertiary/aromatic N) is 1. The Hall–Kier alpha value is -2.20. The second-order valence-electron chi connectivity index (χ2n) is 7.74. The Morgan fingerprint density at radius 2 is 1.47 bits per heavy atom. The van der Waals surface area contributed by atoms with Gasteiger partial charge in [0.1, 0.15) is 10.6 Å². The molecule has 0 aromatic heterocycles. The standard InChI is InChI=1S/C27H32Cl2N2O/c1-4-31(5-2)20-19-30-24-15-13-23(14-16-24)27(29,22-9-7-6-8-10-22)26(28)21-11-17-25(32-3)18-12-21/h6-18,26,30H,4-5,19-20H2,1-3H3. The molecular weight excluding hydrogens is 439 g/mol. The van der Waals surface area contributed by atoms with Gasteiger partial charge in [0.2, 0.25) is 0 Å². The average molecular weight is 471 g/mol. The molecule has 32 heavy (non-hydrogen) atoms. The van der Waals surface area contributed by atoms with Crippen LogP contribution in [0.2, 0.25) is 0 Å². The van der Waals surface area contributed by atoms with Crippen molar-refractivity contribution in [3.63, 3.8) is 0 Å². The van der Waals surface area contributed by atoms with Crippen molar-refractivity contribution in [1.29, 1.82) is 0 Å². The molecule has 2 atom stereocenters. The predicted molar refractivity (Wildman–Crippen MR) is 137 cm³/mol. The summed E-state index contributed by atoms with van der Waals surface area (Å²) in [6.45, 7) is 8.41. The van der Waals surface area contributed by atoms with Gasteiger partial charge in [0.15, 0.2) is 0 Å². The van der Waals surface area contributed by atoms with Crippen molar-refractivity contribution in [3.8, 4) is 5.75 Å². The third kappa shape index (κ3) is 5.58. The largest absolute Gasteiger partial charge is 0.497 e. The van der Waals surface area contributed by atoms with Crippen LogP contribution in [0.5, 0.6) is 5.75 Å². The van der Waals surface area contributed by atoms with E-state index in [1.54, 1.807) is 7.11 Å². The van der Waals surface area contributed by atoms with Gasteiger partial charge in [0.25, 0.3) is 0 Å². The molecule has 3 aromatic rings. The lowest BCUT2D eigenvalue weighted by molar-refractivity contribution is 0.316. The number of alkyl halides is 2. The minimum atomic E-state index is -0.919. The molecule has 5 heteroatoms. The highest BCUT2D eigenvalue weighted by atomic mass is 35.5. The van der Waals surface area contributed by atoms with Gasteiger partial charge in [-0.05, 0) is 54.0 Å². The van der Waals surface area contributed by atoms with Crippen molar-refractivity contribution in [3.05, 3.63) is 95.6 Å². The highest BCUT2D eigenvalue weighted by molar-refractivity contribution is 6.34. The summed E-state index contributed by atoms with van der Waals surface area (Å²) in [4.78, 5) is 1.48. The van der Waals surface area contributed by atoms with Crippen LogP contribution >= 0.6 is 23.2 Å². The molecule has 170 valence electrons. The first-order valence-corrected chi connectivity index (χ1v) is 11.9. The number of anilines is 1. The summed E-state index contributed by atoms with van der Waals surface area (Å²) in [6, 6.07) is 26.1. The van der Waals surface area contributed by atoms with Crippen LogP contribution in [0.3, 0.4) is 0 Å². The molecular formula is C27H32Cl2N2O. The van der Waals surface area contributed by atoms with Gasteiger partial charge in [-0.15, -0.1) is 23.2 Å². The Kier molecular flexibility index (Phi) is 8.86. The van der Waals surface area contributed by atoms with Crippen molar-refractivity contribution in [1.82, 2.24) is 4.90 Å². The van der Waals surface area contributed by atoms with Crippen LogP contribution in [0, 0.1) is 0 Å². The molecule has 0 aliphatic heterocycles. The van der Waals surface area contributed by atoms with Crippen molar-refractivity contribution in [2.24, 2.45) is 0 Å². The van der Waals surface area contributed by atoms with Gasteiger partial charge in [0.05, 0.1) is 12.5 Å². The third-order valence-electron chi connectivity index (χ3n) is 5.91. The second-order valence-corrected chi connectivity index (χ2v) is 8.78. The summed E-state index contributed by atoms with van der Waals surface area (Å²) in [5, 5.41) is 3.03. The Bertz CT molecular complexity index is 944. The number of likely N-dealkylation sites (N-methyl/N-ethyl adjacent to an activating group) is 1. The minimum absolute atomic E-state index is 0.473. The van der Waals surface area contributed by atoms with Crippen molar-refractivity contribution < 1.29 is 4.74 Å². The number of hydrogen-bond acceptors (Lipinski definition) is 3. The van der Waals surface area contributed by atoms with E-state index in [2.05, 4.69) is 48.3 Å². The molecule has 3 nitrogen and oxygen atoms in total. The van der Waals surface area contributed by atoms with Crippen molar-refractivity contribution in [2.45, 2.75) is 24.1 Å². The molecule has 0 heterocycles. The number of methoxy groups -OCH3 is 1. The average Bonchev–Trinajstić information content (AvgIpc) is 2.86. The molecule has 0 bridgehead atoms. The van der Waals surface area contributed by atoms with Crippen molar-refractivity contribution in [2.75, 3.05) is 38.6 Å². The number of halogens is 2. The Balaban J connectivity index is 1.87. The normalized spacial score (nSPS) is 14.1. The Labute approximate surface area is 202 Å². The molecule has 3 rings (SSSR count). The van der Waals surface area contributed by atoms with Crippen LogP contribution in [0.25, 0.3) is 0 Å². The second kappa shape index (κ2) is 11.6. The lowest BCUT2D eigenvalue weighted by atomic mass is 9.84. The van der Waals surface area contributed by atoms with Crippen LogP contribution in [0.1, 0.15) is 35.9 Å². The summed E-state index contributed by atoms with van der Waals surface area (Å²) >= 11 is 14.5. The predicted octanol–water partition coefficient (Wildman–Crippen LogP) is 6.91. The molecule has 0 saturated heterocycles. The first-order valence-electron chi connectivity index (χ1n) is 11.1. The van der Waals surface area contributed by atoms with Crippen LogP contribution < -0.4 is 10.1 Å². The fourth-order valence-corrected chi connectivity index (χ4v) is 4.65. The smallest absolute Gasteiger partial charge is 0.118 e. The van der Waals surface area contributed by atoms with Gasteiger partial charge in [-0.1, -0.05) is 68.4 Å². The van der Waals surface area contributed by atoms with Gasteiger partial charge in [0, 0.05) is 18.8 Å². The molecule has 0 spiro atoms. The van der Waals surface area contributed by atoms with E-state index in [0.717, 1.165) is 54.3 Å². The minimum Gasteiger partial charge on any atom is -0.497 e. The Morgan fingerprint density at radius 1 is 0.875 bits per heavy atom. The molecule has 3 aromatic carbocycles. The fourth-order valence-electron chi connectivity index (χ4n) is 3.87. The van der Waals surface area contributed by atoms with Gasteiger partial charge in [-0.25, -0.2) is 0 Å². The zero-order chi connectivity index (χ0) is 23.0. The van der Waals surface area contributed by atoms with Crippen LogP contribution in [0.15, 0.2) is 78.9 Å². The first-order chi connectivity index (χ1) is 15.5. The van der Waals surface area contributed by atoms with E-state index in [0.29, 0.717) is 0 Å². The van der Waals surface area contributed by atoms with Gasteiger partial charge >= 0.3 is 0 Å². The molecule has 0 saturated carbocycles. The molecule has 2 unspecified atom stereocenters. The van der Waals surface area contributed by atoms with Crippen LogP contribution in [-0.2, 0) is 4.87 Å². The van der Waals surface area contributed by atoms with E-state index >= 15 is 0 Å². The van der Waals surface area contributed by atoms with E-state index in [4.69, 9.17) is 27.9 Å². The van der Waals surface area contributed by atoms with Crippen LogP contribution in [0.4, 0.5) is 5.69 Å². The first kappa shape index (κ1) is 24.4. The van der Waals surface area contributed by atoms with Crippen LogP contribution in [-0.4, -0.2) is 38.2 Å². The zero-order valence-corrected chi connectivity index (χ0v) is 20.5. The van der Waals surface area contributed by atoms with E-state index in [9.17, 15) is 0 Å². The maximum Gasteiger partial charge on any atom is 0.118 e. The van der Waals surface area contributed by atoms with E-state index in [1.165, 1.54) is 0 Å². The highest BCUT2D eigenvalue weighted by Crippen LogP contribution is 2.50. The third-order valence-corrected chi connectivity index (χ3v) is 7.25. The maximum absolute atomic E-state index is 7.39. The van der Waals surface area contributed by atoms with E-state index in [1.807, 2.05) is 54.6 Å². The monoisotopic (exact) mass is 470 g/mol. The number of nitrogens with one attached hydrogen (secondary N) is 1. The van der Waals surface area contributed by atoms with Gasteiger partial charge < -0.3 is 15.0 Å². The fraction of sp³-hybridized carbons (Fsp3) is 0.333. The summed E-state index contributed by atoms with van der Waals surface area (Å²) in [6.07, 6.45) is 0. The summed E-state index contributed by atoms with van der Waals surface area (Å²) in [5.41, 5.74) is 3.92. The number of hydrogen-bond donors (Lipinski definition) is 1. The van der Waals surface area contributed by atoms with Gasteiger partial charge in [-0.2, -0.15) is 0 Å². The summed E-state index contributed by atoms with van der Waals surface area (Å²) in [5.74, 6) is 0.789. The van der Waals surface area contributed by atoms with Crippen molar-refractivity contribution >= 4 is 28.9 Å². The van der Waals surface area contributed by atoms with E-state index < -0.39 is 10.3 Å². The topological polar surface area (TPSA) is 24.5 Å². The molecule has 0 aliphatic carbocycles. The number of benzene rings is 3. The summed E-state index contributed by atoms with van der Waals surface area (Å²) < 4.78 is 5.29. The lowest BCUT2D eigenvalue weighted by Crippen LogP contribution is -2.28. The van der Waals surface area contributed by atoms with Gasteiger partial charge in [-0.3, -0.25) is 0 Å². The zero-order valence-electron chi connectivity index (χ0n) is 19.0. The SMILES string of the molecule is CCN(CC)CCNc1ccc(C(Cl)(c2ccccc2)C(Cl)c2ccc(OC)cc2)cc1. The number of ether oxygens (including phenoxy) is 1. The van der Waals surface area contributed by atoms with E-state index in [-0.39, 0.29) is 0 Å². The molecule has 0 fully saturated rings. The quantitative estimate of drug-likeness (QED) is 0.308. The lowest BCUT2D eigenvalue weighted by Gasteiger charge is -2.33. The maximum atomic E-state index is 7.39. The number of rotatable bonds is 11. The Morgan fingerprint density at radius 3 is 2.03 bits per heavy atom. The summed E-state index contributed by atoms with van der Waals surface area (Å²) in [7, 11) is 1.65. The molecule has 0 amide bonds. The highest BCUT2D eigenvalue weighted by Gasteiger charge is 2.40. The molecule has 0 aliphatic rings. The molecule has 1 N–H and O–H groups in total. The molecule has 0 radical (unpaired) electrons.